The van der Waals surface area contributed by atoms with E-state index in [-0.39, 0.29) is 11.9 Å². The fourth-order valence-corrected chi connectivity index (χ4v) is 4.87. The Morgan fingerprint density at radius 1 is 1.00 bits per heavy atom. The molecule has 3 aromatic carbocycles. The van der Waals surface area contributed by atoms with Crippen molar-refractivity contribution in [3.8, 4) is 5.75 Å². The molecule has 5 rings (SSSR count). The highest BCUT2D eigenvalue weighted by Gasteiger charge is 2.20. The average Bonchev–Trinajstić information content (AvgIpc) is 3.27. The summed E-state index contributed by atoms with van der Waals surface area (Å²) in [5.74, 6) is 0.426. The number of esters is 1. The second-order valence-corrected chi connectivity index (χ2v) is 9.03. The Morgan fingerprint density at radius 3 is 2.59 bits per heavy atom. The fourth-order valence-electron chi connectivity index (χ4n) is 4.67. The van der Waals surface area contributed by atoms with Crippen molar-refractivity contribution >= 4 is 23.6 Å². The lowest BCUT2D eigenvalue weighted by Gasteiger charge is -2.19. The predicted molar refractivity (Wildman–Crippen MR) is 135 cm³/mol. The molecule has 0 spiro atoms. The predicted octanol–water partition coefficient (Wildman–Crippen LogP) is 6.67. The highest BCUT2D eigenvalue weighted by Crippen LogP contribution is 2.34. The molecule has 0 amide bonds. The number of rotatable bonds is 6. The van der Waals surface area contributed by atoms with Gasteiger partial charge < -0.3 is 4.74 Å². The highest BCUT2D eigenvalue weighted by atomic mass is 35.5. The molecule has 1 unspecified atom stereocenters. The van der Waals surface area contributed by atoms with E-state index in [1.54, 1.807) is 0 Å². The van der Waals surface area contributed by atoms with Crippen molar-refractivity contribution in [2.75, 3.05) is 0 Å². The zero-order valence-corrected chi connectivity index (χ0v) is 19.7. The van der Waals surface area contributed by atoms with E-state index < -0.39 is 0 Å². The van der Waals surface area contributed by atoms with Crippen molar-refractivity contribution in [3.63, 3.8) is 0 Å². The Labute approximate surface area is 204 Å². The number of benzene rings is 3. The molecule has 0 radical (unpaired) electrons. The summed E-state index contributed by atoms with van der Waals surface area (Å²) in [7, 11) is 0. The second kappa shape index (κ2) is 9.70. The molecule has 4 nitrogen and oxygen atoms in total. The first-order valence-corrected chi connectivity index (χ1v) is 11.8. The summed E-state index contributed by atoms with van der Waals surface area (Å²) in [4.78, 5) is 11.4. The molecule has 5 heteroatoms. The number of hydrogen-bond donors (Lipinski definition) is 0. The lowest BCUT2D eigenvalue weighted by molar-refractivity contribution is -0.131. The molecule has 0 saturated heterocycles. The van der Waals surface area contributed by atoms with E-state index >= 15 is 0 Å². The minimum atomic E-state index is -0.292. The Kier molecular flexibility index (Phi) is 6.33. The zero-order chi connectivity index (χ0) is 23.5. The van der Waals surface area contributed by atoms with Crippen LogP contribution in [0.1, 0.15) is 47.1 Å². The monoisotopic (exact) mass is 468 g/mol. The van der Waals surface area contributed by atoms with Crippen LogP contribution in [0.3, 0.4) is 0 Å². The van der Waals surface area contributed by atoms with Crippen LogP contribution in [0.15, 0.2) is 90.8 Å². The molecule has 0 saturated carbocycles. The van der Waals surface area contributed by atoms with Gasteiger partial charge in [-0.2, -0.15) is 5.10 Å². The Bertz CT molecular complexity index is 1360. The number of halogens is 1. The van der Waals surface area contributed by atoms with Crippen LogP contribution in [0.5, 0.6) is 5.75 Å². The molecular weight excluding hydrogens is 444 g/mol. The van der Waals surface area contributed by atoms with E-state index in [0.29, 0.717) is 12.3 Å². The van der Waals surface area contributed by atoms with Crippen LogP contribution in [0.25, 0.3) is 6.08 Å². The number of aromatic nitrogens is 2. The van der Waals surface area contributed by atoms with Crippen molar-refractivity contribution in [3.05, 3.63) is 124 Å². The lowest BCUT2D eigenvalue weighted by atomic mass is 9.87. The molecular formula is C29H25ClN2O2. The molecule has 4 aromatic rings. The zero-order valence-electron chi connectivity index (χ0n) is 18.9. The summed E-state index contributed by atoms with van der Waals surface area (Å²) >= 11 is 6.32. The summed E-state index contributed by atoms with van der Waals surface area (Å²) < 4.78 is 7.40. The third-order valence-corrected chi connectivity index (χ3v) is 6.38. The van der Waals surface area contributed by atoms with Gasteiger partial charge in [-0.25, -0.2) is 0 Å². The van der Waals surface area contributed by atoms with Crippen molar-refractivity contribution in [2.24, 2.45) is 0 Å². The van der Waals surface area contributed by atoms with Crippen LogP contribution < -0.4 is 4.74 Å². The van der Waals surface area contributed by atoms with Crippen molar-refractivity contribution in [2.45, 2.75) is 32.2 Å². The van der Waals surface area contributed by atoms with Crippen LogP contribution in [-0.2, 0) is 17.8 Å². The van der Waals surface area contributed by atoms with Gasteiger partial charge in [-0.15, -0.1) is 0 Å². The topological polar surface area (TPSA) is 44.1 Å². The van der Waals surface area contributed by atoms with Gasteiger partial charge in [0.25, 0.3) is 0 Å². The Hall–Kier alpha value is -3.63. The lowest BCUT2D eigenvalue weighted by Crippen LogP contribution is -2.10. The first-order valence-electron chi connectivity index (χ1n) is 11.4. The minimum Gasteiger partial charge on any atom is -0.426 e. The van der Waals surface area contributed by atoms with E-state index in [1.807, 2.05) is 47.3 Å². The van der Waals surface area contributed by atoms with Gasteiger partial charge in [0.05, 0.1) is 12.7 Å². The molecule has 1 atom stereocenters. The first-order chi connectivity index (χ1) is 16.6. The maximum Gasteiger partial charge on any atom is 0.308 e. The Balaban J connectivity index is 1.42. The van der Waals surface area contributed by atoms with Crippen LogP contribution in [-0.4, -0.2) is 15.7 Å². The number of hydrogen-bond acceptors (Lipinski definition) is 3. The number of ether oxygens (including phenoxy) is 1. The Morgan fingerprint density at radius 2 is 1.79 bits per heavy atom. The third kappa shape index (κ3) is 4.82. The van der Waals surface area contributed by atoms with E-state index in [0.717, 1.165) is 40.1 Å². The van der Waals surface area contributed by atoms with Gasteiger partial charge >= 0.3 is 5.97 Å². The molecule has 1 aromatic heterocycles. The fraction of sp³-hybridized carbons (Fsp3) is 0.172. The van der Waals surface area contributed by atoms with Gasteiger partial charge in [-0.3, -0.25) is 9.48 Å². The average molecular weight is 469 g/mol. The number of carbonyl (C=O) groups is 1. The molecule has 34 heavy (non-hydrogen) atoms. The molecule has 1 aliphatic rings. The normalized spacial score (nSPS) is 13.6. The van der Waals surface area contributed by atoms with E-state index in [2.05, 4.69) is 48.7 Å². The third-order valence-electron chi connectivity index (χ3n) is 6.15. The maximum atomic E-state index is 11.4. The highest BCUT2D eigenvalue weighted by molar-refractivity contribution is 6.30. The standard InChI is InChI=1S/C29H25ClN2O2/c1-20(33)34-28-12-6-9-23-15-21(13-14-27(23)28)18-32-19-25(17-31-32)29(22-7-3-2-4-8-22)24-10-5-11-26(30)16-24/h2-12,15-17,19,29H,13-14,18H2,1H3. The van der Waals surface area contributed by atoms with Gasteiger partial charge in [0.1, 0.15) is 5.75 Å². The van der Waals surface area contributed by atoms with Crippen molar-refractivity contribution in [1.29, 1.82) is 0 Å². The number of nitrogens with zero attached hydrogens (tertiary/aromatic N) is 2. The van der Waals surface area contributed by atoms with Crippen LogP contribution >= 0.6 is 11.6 Å². The minimum absolute atomic E-state index is 0.0565. The molecule has 0 N–H and O–H groups in total. The molecule has 0 fully saturated rings. The van der Waals surface area contributed by atoms with Crippen molar-refractivity contribution in [1.82, 2.24) is 9.78 Å². The van der Waals surface area contributed by atoms with Crippen LogP contribution in [0.2, 0.25) is 5.02 Å². The molecule has 1 heterocycles. The van der Waals surface area contributed by atoms with Crippen LogP contribution in [0, 0.1) is 0 Å². The molecule has 0 bridgehead atoms. The second-order valence-electron chi connectivity index (χ2n) is 8.59. The molecule has 1 aliphatic carbocycles. The number of allylic oxidation sites excluding steroid dienone is 1. The summed E-state index contributed by atoms with van der Waals surface area (Å²) in [6.07, 6.45) is 8.02. The van der Waals surface area contributed by atoms with E-state index in [1.165, 1.54) is 18.1 Å². The van der Waals surface area contributed by atoms with Crippen molar-refractivity contribution < 1.29 is 9.53 Å². The molecule has 0 aliphatic heterocycles. The van der Waals surface area contributed by atoms with Gasteiger partial charge in [-0.1, -0.05) is 72.3 Å². The maximum absolute atomic E-state index is 11.4. The van der Waals surface area contributed by atoms with E-state index in [4.69, 9.17) is 21.4 Å². The number of carbonyl (C=O) groups excluding carboxylic acids is 1. The van der Waals surface area contributed by atoms with Gasteiger partial charge in [0.2, 0.25) is 0 Å². The summed E-state index contributed by atoms with van der Waals surface area (Å²) in [5.41, 5.74) is 6.96. The summed E-state index contributed by atoms with van der Waals surface area (Å²) in [5, 5.41) is 5.42. The van der Waals surface area contributed by atoms with Gasteiger partial charge in [0.15, 0.2) is 0 Å². The summed E-state index contributed by atoms with van der Waals surface area (Å²) in [6, 6.07) is 24.3. The first kappa shape index (κ1) is 22.2. The van der Waals surface area contributed by atoms with Gasteiger partial charge in [0, 0.05) is 35.2 Å². The SMILES string of the molecule is CC(=O)Oc1cccc2c1CCC(Cn1cc(C(c3ccccc3)c3cccc(Cl)c3)cn1)=C2. The van der Waals surface area contributed by atoms with Crippen LogP contribution in [0.4, 0.5) is 0 Å². The smallest absolute Gasteiger partial charge is 0.308 e. The largest absolute Gasteiger partial charge is 0.426 e. The number of fused-ring (bicyclic) bond motifs is 1. The van der Waals surface area contributed by atoms with Gasteiger partial charge in [-0.05, 0) is 53.3 Å². The van der Waals surface area contributed by atoms with E-state index in [9.17, 15) is 4.79 Å². The quantitative estimate of drug-likeness (QED) is 0.234. The molecule has 170 valence electrons. The summed E-state index contributed by atoms with van der Waals surface area (Å²) in [6.45, 7) is 2.15.